The highest BCUT2D eigenvalue weighted by molar-refractivity contribution is 7.10. The van der Waals surface area contributed by atoms with Crippen LogP contribution in [0.15, 0.2) is 29.6 Å². The van der Waals surface area contributed by atoms with Crippen LogP contribution in [0.4, 0.5) is 11.4 Å². The van der Waals surface area contributed by atoms with E-state index in [2.05, 4.69) is 0 Å². The molecule has 9 heteroatoms. The minimum atomic E-state index is -0.538. The summed E-state index contributed by atoms with van der Waals surface area (Å²) in [5.74, 6) is -0.218. The molecule has 2 aliphatic rings. The summed E-state index contributed by atoms with van der Waals surface area (Å²) in [6.45, 7) is 2.21. The van der Waals surface area contributed by atoms with Crippen molar-refractivity contribution >= 4 is 34.5 Å². The molecule has 0 radical (unpaired) electrons. The second kappa shape index (κ2) is 6.66. The Labute approximate surface area is 159 Å². The molecule has 0 N–H and O–H groups in total. The molecule has 4 rings (SSSR count). The molecule has 1 aromatic carbocycles. The van der Waals surface area contributed by atoms with Gasteiger partial charge in [-0.3, -0.25) is 24.6 Å². The maximum Gasteiger partial charge on any atom is 0.271 e. The molecule has 0 saturated heterocycles. The van der Waals surface area contributed by atoms with Gasteiger partial charge in [-0.15, -0.1) is 11.3 Å². The lowest BCUT2D eigenvalue weighted by Gasteiger charge is -2.36. The van der Waals surface area contributed by atoms with Crippen LogP contribution in [-0.4, -0.2) is 41.3 Å². The van der Waals surface area contributed by atoms with Gasteiger partial charge >= 0.3 is 0 Å². The number of hydrogen-bond donors (Lipinski definition) is 0. The van der Waals surface area contributed by atoms with Crippen molar-refractivity contribution in [2.75, 3.05) is 24.6 Å². The van der Waals surface area contributed by atoms with Crippen molar-refractivity contribution < 1.29 is 19.2 Å². The van der Waals surface area contributed by atoms with Crippen LogP contribution in [0.5, 0.6) is 5.75 Å². The minimum Gasteiger partial charge on any atom is -0.482 e. The Hall–Kier alpha value is -2.94. The van der Waals surface area contributed by atoms with Crippen molar-refractivity contribution in [1.29, 1.82) is 0 Å². The topological polar surface area (TPSA) is 93.0 Å². The first kappa shape index (κ1) is 17.5. The third-order valence-electron chi connectivity index (χ3n) is 4.99. The van der Waals surface area contributed by atoms with Crippen LogP contribution in [0.2, 0.25) is 0 Å². The van der Waals surface area contributed by atoms with Crippen LogP contribution >= 0.6 is 11.3 Å². The average molecular weight is 387 g/mol. The molecule has 140 valence electrons. The van der Waals surface area contributed by atoms with Crippen LogP contribution in [-0.2, 0) is 16.0 Å². The van der Waals surface area contributed by atoms with Crippen molar-refractivity contribution in [3.05, 3.63) is 50.2 Å². The number of thiophene rings is 1. The molecule has 0 spiro atoms. The largest absolute Gasteiger partial charge is 0.482 e. The number of carbonyl (C=O) groups is 2. The van der Waals surface area contributed by atoms with Crippen LogP contribution in [0.3, 0.4) is 0 Å². The van der Waals surface area contributed by atoms with Crippen LogP contribution in [0.25, 0.3) is 0 Å². The number of carbonyl (C=O) groups excluding carboxylic acids is 2. The number of non-ortho nitro benzene ring substituents is 1. The van der Waals surface area contributed by atoms with E-state index in [0.29, 0.717) is 12.3 Å². The van der Waals surface area contributed by atoms with E-state index in [1.165, 1.54) is 28.0 Å². The first-order valence-corrected chi connectivity index (χ1v) is 9.41. The second-order valence-corrected chi connectivity index (χ2v) is 7.49. The van der Waals surface area contributed by atoms with E-state index in [4.69, 9.17) is 4.74 Å². The van der Waals surface area contributed by atoms with Gasteiger partial charge in [0.05, 0.1) is 16.7 Å². The highest BCUT2D eigenvalue weighted by Gasteiger charge is 2.33. The summed E-state index contributed by atoms with van der Waals surface area (Å²) < 4.78 is 5.35. The van der Waals surface area contributed by atoms with Gasteiger partial charge in [-0.2, -0.15) is 0 Å². The van der Waals surface area contributed by atoms with E-state index in [0.717, 1.165) is 12.0 Å². The van der Waals surface area contributed by atoms with Gasteiger partial charge in [0.15, 0.2) is 6.61 Å². The molecule has 1 atom stereocenters. The number of anilines is 1. The van der Waals surface area contributed by atoms with Crippen molar-refractivity contribution in [3.8, 4) is 5.75 Å². The average Bonchev–Trinajstić information content (AvgIpc) is 3.13. The van der Waals surface area contributed by atoms with E-state index in [9.17, 15) is 19.7 Å². The van der Waals surface area contributed by atoms with E-state index < -0.39 is 10.8 Å². The summed E-state index contributed by atoms with van der Waals surface area (Å²) in [6.07, 6.45) is 0.794. The van der Waals surface area contributed by atoms with E-state index in [-0.39, 0.29) is 36.5 Å². The molecule has 2 aromatic rings. The van der Waals surface area contributed by atoms with Crippen molar-refractivity contribution in [2.45, 2.75) is 19.4 Å². The number of amides is 2. The van der Waals surface area contributed by atoms with E-state index in [1.54, 1.807) is 16.2 Å². The van der Waals surface area contributed by atoms with Crippen molar-refractivity contribution in [1.82, 2.24) is 4.90 Å². The number of nitrogens with zero attached hydrogens (tertiary/aromatic N) is 3. The fraction of sp³-hybridized carbons (Fsp3) is 0.333. The number of benzene rings is 1. The Kier molecular flexibility index (Phi) is 4.31. The summed E-state index contributed by atoms with van der Waals surface area (Å²) in [6, 6.07) is 6.02. The summed E-state index contributed by atoms with van der Waals surface area (Å²) in [7, 11) is 0. The molecule has 0 fully saturated rings. The molecular weight excluding hydrogens is 370 g/mol. The standard InChI is InChI=1S/C18H17N3O5S/c1-11-13-5-7-27-16(13)4-6-19(11)17(22)9-20-14-8-12(21(24)25)2-3-15(14)26-10-18(20)23/h2-3,5,7-8,11H,4,6,9-10H2,1H3/t11-/m1/s1. The van der Waals surface area contributed by atoms with Gasteiger partial charge in [0, 0.05) is 23.6 Å². The first-order chi connectivity index (χ1) is 13.0. The predicted octanol–water partition coefficient (Wildman–Crippen LogP) is 2.53. The monoisotopic (exact) mass is 387 g/mol. The molecule has 2 amide bonds. The Morgan fingerprint density at radius 2 is 2.22 bits per heavy atom. The summed E-state index contributed by atoms with van der Waals surface area (Å²) in [5.41, 5.74) is 1.25. The highest BCUT2D eigenvalue weighted by Crippen LogP contribution is 2.36. The zero-order chi connectivity index (χ0) is 19.1. The number of rotatable bonds is 3. The number of ether oxygens (including phenoxy) is 1. The summed E-state index contributed by atoms with van der Waals surface area (Å²) in [5, 5.41) is 13.1. The molecule has 27 heavy (non-hydrogen) atoms. The number of fused-ring (bicyclic) bond motifs is 2. The highest BCUT2D eigenvalue weighted by atomic mass is 32.1. The molecule has 2 aliphatic heterocycles. The zero-order valence-corrected chi connectivity index (χ0v) is 15.4. The zero-order valence-electron chi connectivity index (χ0n) is 14.6. The second-order valence-electron chi connectivity index (χ2n) is 6.49. The minimum absolute atomic E-state index is 0.0618. The molecule has 8 nitrogen and oxygen atoms in total. The van der Waals surface area contributed by atoms with Gasteiger partial charge in [-0.25, -0.2) is 0 Å². The fourth-order valence-corrected chi connectivity index (χ4v) is 4.52. The molecule has 1 aromatic heterocycles. The van der Waals surface area contributed by atoms with Crippen LogP contribution in [0.1, 0.15) is 23.4 Å². The predicted molar refractivity (Wildman–Crippen MR) is 99.1 cm³/mol. The number of nitro benzene ring substituents is 1. The lowest BCUT2D eigenvalue weighted by atomic mass is 10.0. The fourth-order valence-electron chi connectivity index (χ4n) is 3.55. The molecule has 0 aliphatic carbocycles. The molecular formula is C18H17N3O5S. The quantitative estimate of drug-likeness (QED) is 0.596. The normalized spacial score (nSPS) is 18.6. The van der Waals surface area contributed by atoms with E-state index >= 15 is 0 Å². The SMILES string of the molecule is C[C@@H]1c2ccsc2CCN1C(=O)CN1C(=O)COc2ccc([N+](=O)[O-])cc21. The third-order valence-corrected chi connectivity index (χ3v) is 5.98. The summed E-state index contributed by atoms with van der Waals surface area (Å²) in [4.78, 5) is 40.2. The number of hydrogen-bond acceptors (Lipinski definition) is 6. The molecule has 3 heterocycles. The van der Waals surface area contributed by atoms with Crippen molar-refractivity contribution in [2.24, 2.45) is 0 Å². The maximum absolute atomic E-state index is 12.9. The Balaban J connectivity index is 1.59. The van der Waals surface area contributed by atoms with Crippen LogP contribution < -0.4 is 9.64 Å². The van der Waals surface area contributed by atoms with Gasteiger partial charge in [-0.05, 0) is 36.4 Å². The molecule has 0 unspecified atom stereocenters. The lowest BCUT2D eigenvalue weighted by molar-refractivity contribution is -0.384. The smallest absolute Gasteiger partial charge is 0.271 e. The van der Waals surface area contributed by atoms with Gasteiger partial charge < -0.3 is 9.64 Å². The van der Waals surface area contributed by atoms with E-state index in [1.807, 2.05) is 18.4 Å². The Morgan fingerprint density at radius 3 is 3.00 bits per heavy atom. The Bertz CT molecular complexity index is 941. The van der Waals surface area contributed by atoms with Gasteiger partial charge in [0.25, 0.3) is 11.6 Å². The third kappa shape index (κ3) is 3.03. The first-order valence-electron chi connectivity index (χ1n) is 8.53. The van der Waals surface area contributed by atoms with Gasteiger partial charge in [0.2, 0.25) is 5.91 Å². The van der Waals surface area contributed by atoms with Crippen LogP contribution in [0, 0.1) is 10.1 Å². The van der Waals surface area contributed by atoms with Gasteiger partial charge in [-0.1, -0.05) is 0 Å². The van der Waals surface area contributed by atoms with Gasteiger partial charge in [0.1, 0.15) is 12.3 Å². The van der Waals surface area contributed by atoms with Crippen molar-refractivity contribution in [3.63, 3.8) is 0 Å². The molecule has 0 saturated carbocycles. The summed E-state index contributed by atoms with van der Waals surface area (Å²) >= 11 is 1.69. The Morgan fingerprint density at radius 1 is 1.41 bits per heavy atom. The lowest BCUT2D eigenvalue weighted by Crippen LogP contribution is -2.48. The maximum atomic E-state index is 12.9. The number of nitro groups is 1. The molecule has 0 bridgehead atoms.